The predicted octanol–water partition coefficient (Wildman–Crippen LogP) is 4.41. The number of hydrogen-bond donors (Lipinski definition) is 1. The van der Waals surface area contributed by atoms with E-state index in [4.69, 9.17) is 5.11 Å². The maximum Gasteiger partial charge on any atom is 0.416 e. The van der Waals surface area contributed by atoms with Gasteiger partial charge in [-0.15, -0.1) is 0 Å². The number of hydrogen-bond acceptors (Lipinski definition) is 2. The number of nitrogens with zero attached hydrogens (tertiary/aromatic N) is 1. The molecule has 0 aliphatic carbocycles. The van der Waals surface area contributed by atoms with E-state index in [1.54, 1.807) is 0 Å². The molecule has 128 valence electrons. The van der Waals surface area contributed by atoms with Gasteiger partial charge in [-0.3, -0.25) is 9.78 Å². The van der Waals surface area contributed by atoms with Gasteiger partial charge in [0, 0.05) is 17.3 Å². The normalized spacial score (nSPS) is 12.2. The molecule has 0 aliphatic rings. The Morgan fingerprint density at radius 2 is 1.54 bits per heavy atom. The van der Waals surface area contributed by atoms with Crippen molar-refractivity contribution in [3.63, 3.8) is 0 Å². The minimum absolute atomic E-state index is 0.0367. The van der Waals surface area contributed by atoms with Crippen molar-refractivity contribution in [3.8, 4) is 11.3 Å². The molecule has 0 spiro atoms. The van der Waals surface area contributed by atoms with Crippen LogP contribution in [0.2, 0.25) is 0 Å². The zero-order valence-electron chi connectivity index (χ0n) is 11.7. The Balaban J connectivity index is 2.59. The fraction of sp³-hybridized carbons (Fsp3) is 0.200. The highest BCUT2D eigenvalue weighted by molar-refractivity contribution is 5.76. The Morgan fingerprint density at radius 3 is 2.00 bits per heavy atom. The Morgan fingerprint density at radius 1 is 0.958 bits per heavy atom. The van der Waals surface area contributed by atoms with Crippen LogP contribution in [0.25, 0.3) is 11.3 Å². The summed E-state index contributed by atoms with van der Waals surface area (Å²) in [6, 6.07) is 3.93. The van der Waals surface area contributed by atoms with E-state index in [1.165, 1.54) is 0 Å². The molecule has 1 aromatic heterocycles. The molecule has 1 N–H and O–H groups in total. The summed E-state index contributed by atoms with van der Waals surface area (Å²) in [6.07, 6.45) is -9.53. The lowest BCUT2D eigenvalue weighted by Crippen LogP contribution is -2.14. The number of halogens is 6. The van der Waals surface area contributed by atoms with Gasteiger partial charge in [0.25, 0.3) is 0 Å². The van der Waals surface area contributed by atoms with Crippen LogP contribution in [0.4, 0.5) is 26.3 Å². The average Bonchev–Trinajstić information content (AvgIpc) is 2.45. The van der Waals surface area contributed by atoms with Gasteiger partial charge in [0.2, 0.25) is 0 Å². The van der Waals surface area contributed by atoms with Gasteiger partial charge in [-0.2, -0.15) is 26.3 Å². The van der Waals surface area contributed by atoms with Crippen LogP contribution in [0.1, 0.15) is 16.7 Å². The maximum atomic E-state index is 13.0. The molecular weight excluding hydrogens is 340 g/mol. The third-order valence-corrected chi connectivity index (χ3v) is 3.17. The zero-order valence-corrected chi connectivity index (χ0v) is 11.7. The fourth-order valence-corrected chi connectivity index (χ4v) is 2.15. The van der Waals surface area contributed by atoms with Crippen molar-refractivity contribution in [3.05, 3.63) is 53.2 Å². The second kappa shape index (κ2) is 6.14. The van der Waals surface area contributed by atoms with E-state index < -0.39 is 41.4 Å². The number of rotatable bonds is 3. The summed E-state index contributed by atoms with van der Waals surface area (Å²) in [5.74, 6) is -1.51. The molecule has 0 unspecified atom stereocenters. The summed E-state index contributed by atoms with van der Waals surface area (Å²) < 4.78 is 76.8. The number of pyridine rings is 1. The van der Waals surface area contributed by atoms with E-state index in [0.717, 1.165) is 18.3 Å². The van der Waals surface area contributed by atoms with Crippen molar-refractivity contribution in [1.29, 1.82) is 0 Å². The highest BCUT2D eigenvalue weighted by Gasteiger charge is 2.35. The monoisotopic (exact) mass is 349 g/mol. The molecule has 0 fully saturated rings. The molecule has 3 nitrogen and oxygen atoms in total. The van der Waals surface area contributed by atoms with E-state index in [2.05, 4.69) is 4.98 Å². The molecule has 0 radical (unpaired) electrons. The molecule has 0 atom stereocenters. The summed E-state index contributed by atoms with van der Waals surface area (Å²) in [6.45, 7) is 0. The highest BCUT2D eigenvalue weighted by atomic mass is 19.4. The summed E-state index contributed by atoms with van der Waals surface area (Å²) in [4.78, 5) is 14.6. The second-order valence-corrected chi connectivity index (χ2v) is 4.83. The van der Waals surface area contributed by atoms with Crippen LogP contribution < -0.4 is 0 Å². The van der Waals surface area contributed by atoms with Gasteiger partial charge in [-0.05, 0) is 18.2 Å². The Bertz CT molecular complexity index is 750. The van der Waals surface area contributed by atoms with Crippen molar-refractivity contribution in [2.75, 3.05) is 0 Å². The molecule has 0 saturated carbocycles. The van der Waals surface area contributed by atoms with Crippen LogP contribution in [-0.2, 0) is 23.6 Å². The van der Waals surface area contributed by atoms with E-state index in [9.17, 15) is 31.1 Å². The number of benzene rings is 1. The minimum Gasteiger partial charge on any atom is -0.481 e. The molecule has 0 aliphatic heterocycles. The molecular formula is C15H9F6NO2. The van der Waals surface area contributed by atoms with Crippen LogP contribution in [-0.4, -0.2) is 16.1 Å². The molecule has 1 heterocycles. The first kappa shape index (κ1) is 17.8. The van der Waals surface area contributed by atoms with Gasteiger partial charge in [0.15, 0.2) is 0 Å². The average molecular weight is 349 g/mol. The van der Waals surface area contributed by atoms with E-state index >= 15 is 0 Å². The first-order valence-corrected chi connectivity index (χ1v) is 6.44. The maximum absolute atomic E-state index is 13.0. The van der Waals surface area contributed by atoms with Gasteiger partial charge < -0.3 is 5.11 Å². The third kappa shape index (κ3) is 3.84. The Hall–Kier alpha value is -2.58. The van der Waals surface area contributed by atoms with Crippen molar-refractivity contribution in [1.82, 2.24) is 4.98 Å². The zero-order chi connectivity index (χ0) is 18.1. The lowest BCUT2D eigenvalue weighted by molar-refractivity contribution is -0.140. The fourth-order valence-electron chi connectivity index (χ4n) is 2.15. The standard InChI is InChI=1S/C15H9F6NO2/c16-14(17,18)9-3-1-8(2-4-9)13-10(7-12(23)24)11(5-6-22-13)15(19,20)21/h1-6H,7H2,(H,23,24). The number of aliphatic carboxylic acids is 1. The van der Waals surface area contributed by atoms with Crippen LogP contribution in [0.3, 0.4) is 0 Å². The first-order chi connectivity index (χ1) is 11.0. The molecule has 0 saturated heterocycles. The Kier molecular flexibility index (Phi) is 4.54. The summed E-state index contributed by atoms with van der Waals surface area (Å²) in [5, 5.41) is 8.84. The lowest BCUT2D eigenvalue weighted by atomic mass is 9.97. The lowest BCUT2D eigenvalue weighted by Gasteiger charge is -2.15. The van der Waals surface area contributed by atoms with E-state index in [1.807, 2.05) is 0 Å². The number of carboxylic acid groups (broad SMARTS) is 1. The molecule has 0 amide bonds. The number of carbonyl (C=O) groups is 1. The van der Waals surface area contributed by atoms with E-state index in [0.29, 0.717) is 18.2 Å². The van der Waals surface area contributed by atoms with Gasteiger partial charge >= 0.3 is 18.3 Å². The largest absolute Gasteiger partial charge is 0.481 e. The van der Waals surface area contributed by atoms with Crippen molar-refractivity contribution in [2.24, 2.45) is 0 Å². The van der Waals surface area contributed by atoms with Gasteiger partial charge in [0.05, 0.1) is 23.2 Å². The van der Waals surface area contributed by atoms with Gasteiger partial charge in [-0.25, -0.2) is 0 Å². The number of carboxylic acids is 1. The molecule has 9 heteroatoms. The topological polar surface area (TPSA) is 50.2 Å². The van der Waals surface area contributed by atoms with Crippen molar-refractivity contribution in [2.45, 2.75) is 18.8 Å². The first-order valence-electron chi connectivity index (χ1n) is 6.44. The van der Waals surface area contributed by atoms with Gasteiger partial charge in [-0.1, -0.05) is 12.1 Å². The Labute approximate surface area is 131 Å². The summed E-state index contributed by atoms with van der Waals surface area (Å²) in [7, 11) is 0. The predicted molar refractivity (Wildman–Crippen MR) is 71.0 cm³/mol. The van der Waals surface area contributed by atoms with Crippen LogP contribution in [0, 0.1) is 0 Å². The smallest absolute Gasteiger partial charge is 0.416 e. The number of aromatic nitrogens is 1. The second-order valence-electron chi connectivity index (χ2n) is 4.83. The molecule has 24 heavy (non-hydrogen) atoms. The van der Waals surface area contributed by atoms with Crippen molar-refractivity contribution < 1.29 is 36.2 Å². The SMILES string of the molecule is O=C(O)Cc1c(C(F)(F)F)ccnc1-c1ccc(C(F)(F)F)cc1. The van der Waals surface area contributed by atoms with Gasteiger partial charge in [0.1, 0.15) is 0 Å². The third-order valence-electron chi connectivity index (χ3n) is 3.17. The number of alkyl halides is 6. The molecule has 0 bridgehead atoms. The minimum atomic E-state index is -4.81. The van der Waals surface area contributed by atoms with Crippen LogP contribution in [0.15, 0.2) is 36.5 Å². The molecule has 2 aromatic rings. The van der Waals surface area contributed by atoms with Crippen LogP contribution >= 0.6 is 0 Å². The highest BCUT2D eigenvalue weighted by Crippen LogP contribution is 2.37. The van der Waals surface area contributed by atoms with Crippen LogP contribution in [0.5, 0.6) is 0 Å². The quantitative estimate of drug-likeness (QED) is 0.835. The molecule has 1 aromatic carbocycles. The summed E-state index contributed by atoms with van der Waals surface area (Å²) in [5.41, 5.74) is -3.11. The van der Waals surface area contributed by atoms with E-state index in [-0.39, 0.29) is 11.3 Å². The molecule has 2 rings (SSSR count). The van der Waals surface area contributed by atoms with Crippen molar-refractivity contribution >= 4 is 5.97 Å². The summed E-state index contributed by atoms with van der Waals surface area (Å²) >= 11 is 0.